The number of morpholine rings is 1. The van der Waals surface area contributed by atoms with E-state index in [9.17, 15) is 8.42 Å². The van der Waals surface area contributed by atoms with Gasteiger partial charge in [0, 0.05) is 38.3 Å². The van der Waals surface area contributed by atoms with Gasteiger partial charge < -0.3 is 4.74 Å². The first kappa shape index (κ1) is 15.9. The van der Waals surface area contributed by atoms with Crippen LogP contribution in [0.5, 0.6) is 0 Å². The number of fused-ring (bicyclic) bond motifs is 1. The van der Waals surface area contributed by atoms with Crippen LogP contribution in [0.3, 0.4) is 0 Å². The van der Waals surface area contributed by atoms with E-state index in [2.05, 4.69) is 10.2 Å². The van der Waals surface area contributed by atoms with Gasteiger partial charge in [0.05, 0.1) is 13.2 Å². The lowest BCUT2D eigenvalue weighted by Gasteiger charge is -2.35. The number of aromatic nitrogens is 3. The van der Waals surface area contributed by atoms with E-state index in [0.717, 1.165) is 24.3 Å². The molecule has 0 N–H and O–H groups in total. The minimum Gasteiger partial charge on any atom is -0.379 e. The Balaban J connectivity index is 1.47. The molecule has 8 nitrogen and oxygen atoms in total. The van der Waals surface area contributed by atoms with E-state index in [4.69, 9.17) is 4.74 Å². The summed E-state index contributed by atoms with van der Waals surface area (Å²) in [4.78, 5) is 0. The minimum absolute atomic E-state index is 0.235. The van der Waals surface area contributed by atoms with Crippen molar-refractivity contribution in [3.05, 3.63) is 30.2 Å². The van der Waals surface area contributed by atoms with E-state index in [0.29, 0.717) is 39.4 Å². The average molecular weight is 351 g/mol. The molecule has 0 radical (unpaired) electrons. The van der Waals surface area contributed by atoms with Gasteiger partial charge in [0.15, 0.2) is 5.65 Å². The van der Waals surface area contributed by atoms with E-state index in [1.54, 1.807) is 4.31 Å². The quantitative estimate of drug-likeness (QED) is 0.804. The molecule has 0 unspecified atom stereocenters. The van der Waals surface area contributed by atoms with Crippen molar-refractivity contribution in [1.29, 1.82) is 0 Å². The maximum Gasteiger partial charge on any atom is 0.282 e. The zero-order valence-corrected chi connectivity index (χ0v) is 14.2. The van der Waals surface area contributed by atoms with Crippen molar-refractivity contribution in [2.24, 2.45) is 0 Å². The third-order valence-electron chi connectivity index (χ3n) is 4.78. The van der Waals surface area contributed by atoms with Crippen LogP contribution < -0.4 is 0 Å². The Labute approximate surface area is 141 Å². The molecule has 2 aliphatic rings. The summed E-state index contributed by atoms with van der Waals surface area (Å²) in [5.41, 5.74) is 0.830. The van der Waals surface area contributed by atoms with Crippen LogP contribution >= 0.6 is 0 Å². The number of ether oxygens (including phenoxy) is 1. The Morgan fingerprint density at radius 3 is 2.46 bits per heavy atom. The summed E-state index contributed by atoms with van der Waals surface area (Å²) in [6.45, 7) is 2.87. The van der Waals surface area contributed by atoms with Crippen molar-refractivity contribution >= 4 is 15.9 Å². The lowest BCUT2D eigenvalue weighted by molar-refractivity contribution is 0.0696. The average Bonchev–Trinajstić information content (AvgIpc) is 3.07. The Morgan fingerprint density at radius 2 is 1.71 bits per heavy atom. The van der Waals surface area contributed by atoms with Crippen LogP contribution in [0.1, 0.15) is 24.6 Å². The zero-order chi connectivity index (χ0) is 16.6. The van der Waals surface area contributed by atoms with Crippen molar-refractivity contribution in [2.45, 2.75) is 18.8 Å². The van der Waals surface area contributed by atoms with Gasteiger partial charge in [-0.2, -0.15) is 17.0 Å². The Hall–Kier alpha value is -1.55. The van der Waals surface area contributed by atoms with Crippen LogP contribution in [-0.4, -0.2) is 71.0 Å². The van der Waals surface area contributed by atoms with Crippen LogP contribution in [0.25, 0.3) is 5.65 Å². The summed E-state index contributed by atoms with van der Waals surface area (Å²) in [7, 11) is -3.38. The number of pyridine rings is 1. The monoisotopic (exact) mass is 351 g/mol. The first-order valence-electron chi connectivity index (χ1n) is 8.29. The first-order chi connectivity index (χ1) is 11.7. The maximum atomic E-state index is 12.7. The highest BCUT2D eigenvalue weighted by Gasteiger charge is 2.35. The first-order valence-corrected chi connectivity index (χ1v) is 9.68. The molecule has 2 aromatic heterocycles. The molecule has 4 heterocycles. The highest BCUT2D eigenvalue weighted by atomic mass is 32.2. The molecule has 0 amide bonds. The SMILES string of the molecule is O=S(=O)(N1CCOCC1)N1CCC(c2nnc3ccccn23)CC1. The van der Waals surface area contributed by atoms with Crippen LogP contribution in [0.2, 0.25) is 0 Å². The lowest BCUT2D eigenvalue weighted by Crippen LogP contribution is -2.50. The summed E-state index contributed by atoms with van der Waals surface area (Å²) >= 11 is 0. The highest BCUT2D eigenvalue weighted by Crippen LogP contribution is 2.29. The van der Waals surface area contributed by atoms with Gasteiger partial charge in [-0.25, -0.2) is 0 Å². The number of hydrogen-bond acceptors (Lipinski definition) is 5. The predicted octanol–water partition coefficient (Wildman–Crippen LogP) is 0.486. The standard InChI is InChI=1S/C15H21N5O3S/c21-24(22,19-9-11-23-12-10-19)18-7-4-13(5-8-18)15-17-16-14-3-1-2-6-20(14)15/h1-3,6,13H,4-5,7-12H2. The van der Waals surface area contributed by atoms with Gasteiger partial charge in [-0.05, 0) is 25.0 Å². The highest BCUT2D eigenvalue weighted by molar-refractivity contribution is 7.86. The molecule has 0 spiro atoms. The Kier molecular flexibility index (Phi) is 4.25. The largest absolute Gasteiger partial charge is 0.379 e. The molecule has 9 heteroatoms. The van der Waals surface area contributed by atoms with E-state index in [-0.39, 0.29) is 5.92 Å². The van der Waals surface area contributed by atoms with E-state index < -0.39 is 10.2 Å². The fourth-order valence-electron chi connectivity index (χ4n) is 3.42. The van der Waals surface area contributed by atoms with E-state index in [1.165, 1.54) is 4.31 Å². The molecule has 0 saturated carbocycles. The van der Waals surface area contributed by atoms with Gasteiger partial charge in [-0.15, -0.1) is 10.2 Å². The molecular weight excluding hydrogens is 330 g/mol. The smallest absolute Gasteiger partial charge is 0.282 e. The normalized spacial score (nSPS) is 22.2. The number of nitrogens with zero attached hydrogens (tertiary/aromatic N) is 5. The van der Waals surface area contributed by atoms with Crippen molar-refractivity contribution < 1.29 is 13.2 Å². The maximum absolute atomic E-state index is 12.7. The van der Waals surface area contributed by atoms with Gasteiger partial charge in [-0.1, -0.05) is 6.07 Å². The van der Waals surface area contributed by atoms with Crippen LogP contribution in [-0.2, 0) is 14.9 Å². The van der Waals surface area contributed by atoms with E-state index >= 15 is 0 Å². The van der Waals surface area contributed by atoms with Gasteiger partial charge in [0.1, 0.15) is 5.82 Å². The number of piperidine rings is 1. The molecule has 2 saturated heterocycles. The third-order valence-corrected chi connectivity index (χ3v) is 6.82. The number of hydrogen-bond donors (Lipinski definition) is 0. The van der Waals surface area contributed by atoms with E-state index in [1.807, 2.05) is 28.8 Å². The molecule has 0 atom stereocenters. The summed E-state index contributed by atoms with van der Waals surface area (Å²) in [5, 5.41) is 8.51. The molecular formula is C15H21N5O3S. The topological polar surface area (TPSA) is 80.0 Å². The number of rotatable bonds is 3. The Morgan fingerprint density at radius 1 is 1.00 bits per heavy atom. The van der Waals surface area contributed by atoms with Gasteiger partial charge in [0.2, 0.25) is 0 Å². The van der Waals surface area contributed by atoms with Crippen LogP contribution in [0.15, 0.2) is 24.4 Å². The predicted molar refractivity (Wildman–Crippen MR) is 87.8 cm³/mol. The molecule has 2 aliphatic heterocycles. The second kappa shape index (κ2) is 6.40. The summed E-state index contributed by atoms with van der Waals surface area (Å²) in [6, 6.07) is 5.82. The minimum atomic E-state index is -3.38. The zero-order valence-electron chi connectivity index (χ0n) is 13.4. The second-order valence-corrected chi connectivity index (χ2v) is 8.11. The second-order valence-electron chi connectivity index (χ2n) is 6.18. The Bertz CT molecular complexity index is 807. The van der Waals surface area contributed by atoms with Gasteiger partial charge in [-0.3, -0.25) is 4.40 Å². The van der Waals surface area contributed by atoms with Crippen molar-refractivity contribution in [2.75, 3.05) is 39.4 Å². The van der Waals surface area contributed by atoms with Crippen LogP contribution in [0.4, 0.5) is 0 Å². The van der Waals surface area contributed by atoms with Crippen molar-refractivity contribution in [1.82, 2.24) is 23.2 Å². The fraction of sp³-hybridized carbons (Fsp3) is 0.600. The molecule has 0 aromatic carbocycles. The summed E-state index contributed by atoms with van der Waals surface area (Å²) in [6.07, 6.45) is 3.49. The fourth-order valence-corrected chi connectivity index (χ4v) is 5.03. The molecule has 130 valence electrons. The third kappa shape index (κ3) is 2.81. The molecule has 2 aromatic rings. The summed E-state index contributed by atoms with van der Waals surface area (Å²) < 4.78 is 35.8. The molecule has 0 bridgehead atoms. The van der Waals surface area contributed by atoms with Gasteiger partial charge >= 0.3 is 0 Å². The van der Waals surface area contributed by atoms with Crippen LogP contribution in [0, 0.1) is 0 Å². The van der Waals surface area contributed by atoms with Gasteiger partial charge in [0.25, 0.3) is 10.2 Å². The van der Waals surface area contributed by atoms with Crippen molar-refractivity contribution in [3.8, 4) is 0 Å². The molecule has 2 fully saturated rings. The molecule has 4 rings (SSSR count). The van der Waals surface area contributed by atoms with Crippen molar-refractivity contribution in [3.63, 3.8) is 0 Å². The summed E-state index contributed by atoms with van der Waals surface area (Å²) in [5.74, 6) is 1.16. The lowest BCUT2D eigenvalue weighted by atomic mass is 9.97. The molecule has 24 heavy (non-hydrogen) atoms. The molecule has 0 aliphatic carbocycles.